The molecule has 0 spiro atoms. The lowest BCUT2D eigenvalue weighted by atomic mass is 9.93. The fraction of sp³-hybridized carbons (Fsp3) is 0.647. The maximum absolute atomic E-state index is 9.47. The summed E-state index contributed by atoms with van der Waals surface area (Å²) < 4.78 is 0. The molecule has 1 aliphatic carbocycles. The molecule has 2 N–H and O–H groups in total. The maximum Gasteiger partial charge on any atom is 0.0541 e. The Morgan fingerprint density at radius 2 is 1.58 bits per heavy atom. The van der Waals surface area contributed by atoms with Crippen LogP contribution in [0.1, 0.15) is 50.2 Å². The molecule has 2 heteroatoms. The van der Waals surface area contributed by atoms with Crippen LogP contribution in [-0.4, -0.2) is 23.8 Å². The van der Waals surface area contributed by atoms with Crippen molar-refractivity contribution in [2.24, 2.45) is 0 Å². The molecule has 0 heterocycles. The highest BCUT2D eigenvalue weighted by Crippen LogP contribution is 2.18. The van der Waals surface area contributed by atoms with Gasteiger partial charge in [0.15, 0.2) is 0 Å². The van der Waals surface area contributed by atoms with Gasteiger partial charge in [0, 0.05) is 6.04 Å². The third-order valence-electron chi connectivity index (χ3n) is 4.11. The number of aliphatic hydroxyl groups excluding tert-OH is 1. The Morgan fingerprint density at radius 1 is 1.00 bits per heavy atom. The van der Waals surface area contributed by atoms with Crippen LogP contribution in [0, 0.1) is 0 Å². The Morgan fingerprint density at radius 3 is 2.16 bits per heavy atom. The second kappa shape index (κ2) is 7.66. The van der Waals surface area contributed by atoms with Crippen LogP contribution in [0.5, 0.6) is 0 Å². The van der Waals surface area contributed by atoms with E-state index in [4.69, 9.17) is 0 Å². The van der Waals surface area contributed by atoms with Crippen molar-refractivity contribution in [1.82, 2.24) is 5.32 Å². The van der Waals surface area contributed by atoms with Gasteiger partial charge in [0.2, 0.25) is 0 Å². The first-order valence-electron chi connectivity index (χ1n) is 7.77. The molecule has 1 aromatic carbocycles. The number of hydrogen-bond acceptors (Lipinski definition) is 2. The smallest absolute Gasteiger partial charge is 0.0541 e. The molecule has 0 aromatic heterocycles. The van der Waals surface area contributed by atoms with Crippen LogP contribution in [0.25, 0.3) is 0 Å². The molecule has 2 nitrogen and oxygen atoms in total. The van der Waals surface area contributed by atoms with Gasteiger partial charge in [0.1, 0.15) is 0 Å². The number of benzene rings is 1. The molecule has 0 unspecified atom stereocenters. The van der Waals surface area contributed by atoms with Crippen molar-refractivity contribution in [2.75, 3.05) is 6.54 Å². The molecule has 19 heavy (non-hydrogen) atoms. The molecule has 0 atom stereocenters. The summed E-state index contributed by atoms with van der Waals surface area (Å²) in [6.07, 6.45) is 7.62. The first-order chi connectivity index (χ1) is 9.28. The standard InChI is InChI=1S/C17H27NO/c1-2-3-14-4-6-15(7-5-14)12-13-18-16-8-10-17(19)11-9-16/h4-7,16-19H,2-3,8-13H2,1H3. The van der Waals surface area contributed by atoms with Crippen LogP contribution >= 0.6 is 0 Å². The molecule has 0 aliphatic heterocycles. The van der Waals surface area contributed by atoms with Gasteiger partial charge in [0.05, 0.1) is 6.10 Å². The highest BCUT2D eigenvalue weighted by molar-refractivity contribution is 5.22. The Labute approximate surface area is 117 Å². The first-order valence-corrected chi connectivity index (χ1v) is 7.77. The van der Waals surface area contributed by atoms with Crippen molar-refractivity contribution in [2.45, 2.75) is 64.0 Å². The van der Waals surface area contributed by atoms with Gasteiger partial charge in [-0.15, -0.1) is 0 Å². The monoisotopic (exact) mass is 261 g/mol. The van der Waals surface area contributed by atoms with Gasteiger partial charge in [-0.25, -0.2) is 0 Å². The van der Waals surface area contributed by atoms with Crippen LogP contribution in [0.3, 0.4) is 0 Å². The fourth-order valence-electron chi connectivity index (χ4n) is 2.86. The molecule has 1 saturated carbocycles. The quantitative estimate of drug-likeness (QED) is 0.825. The zero-order valence-electron chi connectivity index (χ0n) is 12.1. The molecule has 0 bridgehead atoms. The minimum atomic E-state index is -0.0517. The average molecular weight is 261 g/mol. The number of nitrogens with one attached hydrogen (secondary N) is 1. The SMILES string of the molecule is CCCc1ccc(CCNC2CCC(O)CC2)cc1. The van der Waals surface area contributed by atoms with Crippen molar-refractivity contribution >= 4 is 0 Å². The largest absolute Gasteiger partial charge is 0.393 e. The lowest BCUT2D eigenvalue weighted by molar-refractivity contribution is 0.117. The molecule has 0 saturated heterocycles. The van der Waals surface area contributed by atoms with Gasteiger partial charge in [-0.2, -0.15) is 0 Å². The van der Waals surface area contributed by atoms with E-state index in [1.165, 1.54) is 24.0 Å². The lowest BCUT2D eigenvalue weighted by Crippen LogP contribution is -2.35. The van der Waals surface area contributed by atoms with Crippen molar-refractivity contribution in [1.29, 1.82) is 0 Å². The topological polar surface area (TPSA) is 32.3 Å². The van der Waals surface area contributed by atoms with Crippen LogP contribution in [0.4, 0.5) is 0 Å². The van der Waals surface area contributed by atoms with Gasteiger partial charge in [-0.05, 0) is 56.2 Å². The molecule has 106 valence electrons. The number of rotatable bonds is 6. The van der Waals surface area contributed by atoms with Crippen LogP contribution in [0.2, 0.25) is 0 Å². The Balaban J connectivity index is 1.67. The highest BCUT2D eigenvalue weighted by atomic mass is 16.3. The molecule has 0 amide bonds. The van der Waals surface area contributed by atoms with Gasteiger partial charge < -0.3 is 10.4 Å². The molecule has 1 aliphatic rings. The minimum Gasteiger partial charge on any atom is -0.393 e. The Kier molecular flexibility index (Phi) is 5.87. The van der Waals surface area contributed by atoms with E-state index >= 15 is 0 Å². The van der Waals surface area contributed by atoms with Crippen LogP contribution in [0.15, 0.2) is 24.3 Å². The number of hydrogen-bond donors (Lipinski definition) is 2. The van der Waals surface area contributed by atoms with Gasteiger partial charge in [-0.3, -0.25) is 0 Å². The van der Waals surface area contributed by atoms with Gasteiger partial charge in [-0.1, -0.05) is 37.6 Å². The third kappa shape index (κ3) is 4.96. The summed E-state index contributed by atoms with van der Waals surface area (Å²) in [5.74, 6) is 0. The lowest BCUT2D eigenvalue weighted by Gasteiger charge is -2.26. The molecule has 0 radical (unpaired) electrons. The maximum atomic E-state index is 9.47. The van der Waals surface area contributed by atoms with Crippen molar-refractivity contribution in [3.63, 3.8) is 0 Å². The molecule has 1 fully saturated rings. The summed E-state index contributed by atoms with van der Waals surface area (Å²) >= 11 is 0. The van der Waals surface area contributed by atoms with E-state index in [0.717, 1.165) is 38.6 Å². The predicted octanol–water partition coefficient (Wildman–Crippen LogP) is 3.07. The summed E-state index contributed by atoms with van der Waals surface area (Å²) in [6.45, 7) is 3.27. The highest BCUT2D eigenvalue weighted by Gasteiger charge is 2.18. The Hall–Kier alpha value is -0.860. The van der Waals surface area contributed by atoms with E-state index < -0.39 is 0 Å². The van der Waals surface area contributed by atoms with E-state index in [1.54, 1.807) is 0 Å². The molecule has 1 aromatic rings. The fourth-order valence-corrected chi connectivity index (χ4v) is 2.86. The Bertz CT molecular complexity index is 352. The van der Waals surface area contributed by atoms with E-state index in [-0.39, 0.29) is 6.10 Å². The van der Waals surface area contributed by atoms with E-state index in [0.29, 0.717) is 6.04 Å². The van der Waals surface area contributed by atoms with E-state index in [2.05, 4.69) is 36.5 Å². The van der Waals surface area contributed by atoms with Crippen LogP contribution < -0.4 is 5.32 Å². The molecule has 2 rings (SSSR count). The normalized spacial score (nSPS) is 23.5. The van der Waals surface area contributed by atoms with Crippen molar-refractivity contribution in [3.8, 4) is 0 Å². The summed E-state index contributed by atoms with van der Waals surface area (Å²) in [5, 5.41) is 13.1. The predicted molar refractivity (Wildman–Crippen MR) is 80.4 cm³/mol. The van der Waals surface area contributed by atoms with Crippen molar-refractivity contribution < 1.29 is 5.11 Å². The number of aliphatic hydroxyl groups is 1. The summed E-state index contributed by atoms with van der Waals surface area (Å²) in [5.41, 5.74) is 2.86. The van der Waals surface area contributed by atoms with E-state index in [1.807, 2.05) is 0 Å². The second-order valence-electron chi connectivity index (χ2n) is 5.78. The minimum absolute atomic E-state index is 0.0517. The second-order valence-corrected chi connectivity index (χ2v) is 5.78. The number of aryl methyl sites for hydroxylation is 1. The molecular formula is C17H27NO. The van der Waals surface area contributed by atoms with E-state index in [9.17, 15) is 5.11 Å². The first kappa shape index (κ1) is 14.5. The van der Waals surface area contributed by atoms with Gasteiger partial charge >= 0.3 is 0 Å². The van der Waals surface area contributed by atoms with Gasteiger partial charge in [0.25, 0.3) is 0 Å². The summed E-state index contributed by atoms with van der Waals surface area (Å²) in [4.78, 5) is 0. The molecular weight excluding hydrogens is 234 g/mol. The average Bonchev–Trinajstić information content (AvgIpc) is 2.43. The zero-order chi connectivity index (χ0) is 13.5. The van der Waals surface area contributed by atoms with Crippen molar-refractivity contribution in [3.05, 3.63) is 35.4 Å². The summed E-state index contributed by atoms with van der Waals surface area (Å²) in [7, 11) is 0. The summed E-state index contributed by atoms with van der Waals surface area (Å²) in [6, 6.07) is 9.66. The van der Waals surface area contributed by atoms with Crippen LogP contribution in [-0.2, 0) is 12.8 Å². The zero-order valence-corrected chi connectivity index (χ0v) is 12.1. The third-order valence-corrected chi connectivity index (χ3v) is 4.11.